The van der Waals surface area contributed by atoms with E-state index in [2.05, 4.69) is 51.9 Å². The Morgan fingerprint density at radius 1 is 0.857 bits per heavy atom. The van der Waals surface area contributed by atoms with E-state index < -0.39 is 0 Å². The van der Waals surface area contributed by atoms with Crippen molar-refractivity contribution in [3.8, 4) is 0 Å². The summed E-state index contributed by atoms with van der Waals surface area (Å²) in [7, 11) is 0. The number of nitrogens with one attached hydrogen (secondary N) is 2. The maximum absolute atomic E-state index is 13.4. The van der Waals surface area contributed by atoms with Gasteiger partial charge in [-0.25, -0.2) is 0 Å². The molecule has 0 bridgehead atoms. The SMILES string of the molecule is O=C(Nc1ccc(N2CCc3ccccc3C2)c(C(=O)NCCc2ccccc2)c1)c1cccs1. The summed E-state index contributed by atoms with van der Waals surface area (Å²) in [4.78, 5) is 28.8. The Morgan fingerprint density at radius 2 is 1.66 bits per heavy atom. The zero-order valence-electron chi connectivity index (χ0n) is 19.4. The summed E-state index contributed by atoms with van der Waals surface area (Å²) in [6.07, 6.45) is 1.69. The highest BCUT2D eigenvalue weighted by molar-refractivity contribution is 7.12. The monoisotopic (exact) mass is 481 g/mol. The number of amides is 2. The van der Waals surface area contributed by atoms with E-state index in [1.807, 2.05) is 41.8 Å². The van der Waals surface area contributed by atoms with E-state index in [9.17, 15) is 9.59 Å². The van der Waals surface area contributed by atoms with Crippen LogP contribution in [0.4, 0.5) is 11.4 Å². The molecule has 1 aliphatic rings. The van der Waals surface area contributed by atoms with Crippen molar-refractivity contribution in [2.45, 2.75) is 19.4 Å². The van der Waals surface area contributed by atoms with Crippen LogP contribution in [-0.2, 0) is 19.4 Å². The molecule has 2 N–H and O–H groups in total. The average molecular weight is 482 g/mol. The van der Waals surface area contributed by atoms with Crippen LogP contribution in [0.25, 0.3) is 0 Å². The molecule has 0 saturated heterocycles. The Hall–Kier alpha value is -3.90. The van der Waals surface area contributed by atoms with E-state index >= 15 is 0 Å². The largest absolute Gasteiger partial charge is 0.366 e. The number of thiophene rings is 1. The minimum absolute atomic E-state index is 0.137. The van der Waals surface area contributed by atoms with E-state index in [0.717, 1.165) is 31.6 Å². The Kier molecular flexibility index (Phi) is 6.91. The smallest absolute Gasteiger partial charge is 0.265 e. The molecular weight excluding hydrogens is 454 g/mol. The van der Waals surface area contributed by atoms with Crippen LogP contribution in [0.2, 0.25) is 0 Å². The van der Waals surface area contributed by atoms with E-state index in [0.29, 0.717) is 22.7 Å². The van der Waals surface area contributed by atoms with Crippen LogP contribution < -0.4 is 15.5 Å². The van der Waals surface area contributed by atoms with Gasteiger partial charge in [0.25, 0.3) is 11.8 Å². The summed E-state index contributed by atoms with van der Waals surface area (Å²) < 4.78 is 0. The first-order chi connectivity index (χ1) is 17.2. The molecule has 5 rings (SSSR count). The van der Waals surface area contributed by atoms with Crippen LogP contribution in [0.1, 0.15) is 36.7 Å². The highest BCUT2D eigenvalue weighted by Gasteiger charge is 2.22. The van der Waals surface area contributed by atoms with Crippen LogP contribution >= 0.6 is 11.3 Å². The standard InChI is InChI=1S/C29H27N3O2S/c33-28(30-16-14-21-7-2-1-3-8-21)25-19-24(31-29(34)27-11-6-18-35-27)12-13-26(25)32-17-15-22-9-4-5-10-23(22)20-32/h1-13,18-19H,14-17,20H2,(H,30,33)(H,31,34). The summed E-state index contributed by atoms with van der Waals surface area (Å²) >= 11 is 1.39. The van der Waals surface area contributed by atoms with Crippen LogP contribution in [0.15, 0.2) is 90.3 Å². The van der Waals surface area contributed by atoms with Crippen molar-refractivity contribution < 1.29 is 9.59 Å². The number of hydrogen-bond acceptors (Lipinski definition) is 4. The third-order valence-corrected chi connectivity index (χ3v) is 7.13. The van der Waals surface area contributed by atoms with Crippen LogP contribution in [-0.4, -0.2) is 24.9 Å². The summed E-state index contributed by atoms with van der Waals surface area (Å²) in [6, 6.07) is 27.8. The third kappa shape index (κ3) is 5.44. The van der Waals surface area contributed by atoms with Gasteiger partial charge >= 0.3 is 0 Å². The molecule has 35 heavy (non-hydrogen) atoms. The molecular formula is C29H27N3O2S. The Morgan fingerprint density at radius 3 is 2.46 bits per heavy atom. The number of rotatable bonds is 7. The second kappa shape index (κ2) is 10.6. The second-order valence-corrected chi connectivity index (χ2v) is 9.54. The van der Waals surface area contributed by atoms with Crippen LogP contribution in [0.3, 0.4) is 0 Å². The maximum Gasteiger partial charge on any atom is 0.265 e. The van der Waals surface area contributed by atoms with Gasteiger partial charge in [0.15, 0.2) is 0 Å². The first-order valence-corrected chi connectivity index (χ1v) is 12.7. The van der Waals surface area contributed by atoms with Crippen molar-refractivity contribution in [1.29, 1.82) is 0 Å². The van der Waals surface area contributed by atoms with Crippen molar-refractivity contribution in [3.63, 3.8) is 0 Å². The van der Waals surface area contributed by atoms with Gasteiger partial charge in [-0.1, -0.05) is 60.7 Å². The number of carbonyl (C=O) groups is 2. The first kappa shape index (κ1) is 22.9. The summed E-state index contributed by atoms with van der Waals surface area (Å²) in [5, 5.41) is 7.89. The van der Waals surface area contributed by atoms with Gasteiger partial charge in [-0.3, -0.25) is 9.59 Å². The molecule has 1 aliphatic heterocycles. The Labute approximate surface area is 209 Å². The predicted octanol–water partition coefficient (Wildman–Crippen LogP) is 5.54. The van der Waals surface area contributed by atoms with Gasteiger partial charge < -0.3 is 15.5 Å². The molecule has 0 fully saturated rings. The van der Waals surface area contributed by atoms with Gasteiger partial charge in [-0.05, 0) is 59.2 Å². The number of benzene rings is 3. The highest BCUT2D eigenvalue weighted by Crippen LogP contribution is 2.30. The molecule has 1 aromatic heterocycles. The number of carbonyl (C=O) groups excluding carboxylic acids is 2. The fraction of sp³-hybridized carbons (Fsp3) is 0.172. The molecule has 0 atom stereocenters. The summed E-state index contributed by atoms with van der Waals surface area (Å²) in [6.45, 7) is 2.13. The van der Waals surface area contributed by atoms with Crippen LogP contribution in [0.5, 0.6) is 0 Å². The van der Waals surface area contributed by atoms with Crippen molar-refractivity contribution in [2.75, 3.05) is 23.3 Å². The Balaban J connectivity index is 1.38. The number of hydrogen-bond donors (Lipinski definition) is 2. The van der Waals surface area contributed by atoms with Crippen molar-refractivity contribution >= 4 is 34.5 Å². The normalized spacial score (nSPS) is 12.6. The van der Waals surface area contributed by atoms with Crippen molar-refractivity contribution in [2.24, 2.45) is 0 Å². The molecule has 5 nitrogen and oxygen atoms in total. The molecule has 176 valence electrons. The lowest BCUT2D eigenvalue weighted by atomic mass is 9.98. The van der Waals surface area contributed by atoms with Gasteiger partial charge in [0.1, 0.15) is 0 Å². The number of nitrogens with zero attached hydrogens (tertiary/aromatic N) is 1. The van der Waals surface area contributed by atoms with Gasteiger partial charge in [0.2, 0.25) is 0 Å². The minimum atomic E-state index is -0.171. The van der Waals surface area contributed by atoms with E-state index in [1.54, 1.807) is 12.1 Å². The molecule has 3 aromatic carbocycles. The highest BCUT2D eigenvalue weighted by atomic mass is 32.1. The molecule has 2 heterocycles. The van der Waals surface area contributed by atoms with Gasteiger partial charge in [-0.2, -0.15) is 0 Å². The Bertz CT molecular complexity index is 1320. The summed E-state index contributed by atoms with van der Waals surface area (Å²) in [5.41, 5.74) is 5.88. The predicted molar refractivity (Wildman–Crippen MR) is 142 cm³/mol. The van der Waals surface area contributed by atoms with Crippen LogP contribution in [0, 0.1) is 0 Å². The number of anilines is 2. The van der Waals surface area contributed by atoms with E-state index in [4.69, 9.17) is 0 Å². The van der Waals surface area contributed by atoms with Gasteiger partial charge in [-0.15, -0.1) is 11.3 Å². The van der Waals surface area contributed by atoms with Gasteiger partial charge in [0.05, 0.1) is 10.4 Å². The van der Waals surface area contributed by atoms with Crippen molar-refractivity contribution in [1.82, 2.24) is 5.32 Å². The molecule has 6 heteroatoms. The lowest BCUT2D eigenvalue weighted by molar-refractivity contribution is 0.0953. The molecule has 0 unspecified atom stereocenters. The first-order valence-electron chi connectivity index (χ1n) is 11.8. The van der Waals surface area contributed by atoms with E-state index in [1.165, 1.54) is 28.0 Å². The molecule has 4 aromatic rings. The topological polar surface area (TPSA) is 61.4 Å². The fourth-order valence-corrected chi connectivity index (χ4v) is 5.05. The molecule has 0 saturated carbocycles. The molecule has 0 aliphatic carbocycles. The summed E-state index contributed by atoms with van der Waals surface area (Å²) in [5.74, 6) is -0.308. The zero-order valence-corrected chi connectivity index (χ0v) is 20.2. The van der Waals surface area contributed by atoms with Gasteiger partial charge in [0, 0.05) is 31.0 Å². The van der Waals surface area contributed by atoms with Crippen molar-refractivity contribution in [3.05, 3.63) is 117 Å². The zero-order chi connectivity index (χ0) is 24.0. The minimum Gasteiger partial charge on any atom is -0.366 e. The fourth-order valence-electron chi connectivity index (χ4n) is 4.43. The average Bonchev–Trinajstić information content (AvgIpc) is 3.44. The molecule has 0 spiro atoms. The third-order valence-electron chi connectivity index (χ3n) is 6.26. The molecule has 0 radical (unpaired) electrons. The quantitative estimate of drug-likeness (QED) is 0.365. The maximum atomic E-state index is 13.4. The lowest BCUT2D eigenvalue weighted by Crippen LogP contribution is -2.33. The van der Waals surface area contributed by atoms with E-state index in [-0.39, 0.29) is 11.8 Å². The molecule has 2 amide bonds. The second-order valence-electron chi connectivity index (χ2n) is 8.60. The lowest BCUT2D eigenvalue weighted by Gasteiger charge is -2.32. The number of fused-ring (bicyclic) bond motifs is 1.